The van der Waals surface area contributed by atoms with Crippen LogP contribution in [0, 0.1) is 0 Å². The number of hydrogen-bond donors (Lipinski definition) is 1. The van der Waals surface area contributed by atoms with E-state index in [1.807, 2.05) is 36.4 Å². The van der Waals surface area contributed by atoms with Crippen molar-refractivity contribution in [2.75, 3.05) is 14.2 Å². The summed E-state index contributed by atoms with van der Waals surface area (Å²) in [6.07, 6.45) is 0.802. The van der Waals surface area contributed by atoms with Crippen LogP contribution in [0.25, 0.3) is 0 Å². The van der Waals surface area contributed by atoms with Crippen LogP contribution in [0.15, 0.2) is 48.5 Å². The number of hydrogen-bond acceptors (Lipinski definition) is 3. The molecule has 3 nitrogen and oxygen atoms in total. The van der Waals surface area contributed by atoms with Crippen molar-refractivity contribution in [2.24, 2.45) is 5.73 Å². The molecular weight excluding hydrogens is 238 g/mol. The first kappa shape index (κ1) is 13.4. The van der Waals surface area contributed by atoms with Crippen LogP contribution in [0.4, 0.5) is 0 Å². The van der Waals surface area contributed by atoms with Gasteiger partial charge in [0, 0.05) is 6.04 Å². The quantitative estimate of drug-likeness (QED) is 0.895. The molecule has 1 atom stereocenters. The second-order valence-electron chi connectivity index (χ2n) is 4.41. The zero-order valence-electron chi connectivity index (χ0n) is 11.3. The van der Waals surface area contributed by atoms with Crippen molar-refractivity contribution in [1.82, 2.24) is 0 Å². The monoisotopic (exact) mass is 257 g/mol. The van der Waals surface area contributed by atoms with Gasteiger partial charge in [0.25, 0.3) is 0 Å². The minimum absolute atomic E-state index is 0.0535. The minimum Gasteiger partial charge on any atom is -0.493 e. The molecule has 0 aromatic heterocycles. The number of ether oxygens (including phenoxy) is 2. The van der Waals surface area contributed by atoms with Gasteiger partial charge >= 0.3 is 0 Å². The minimum atomic E-state index is -0.0535. The fraction of sp³-hybridized carbons (Fsp3) is 0.250. The lowest BCUT2D eigenvalue weighted by Crippen LogP contribution is -2.13. The molecule has 2 aromatic carbocycles. The molecule has 2 N–H and O–H groups in total. The van der Waals surface area contributed by atoms with E-state index in [1.54, 1.807) is 14.2 Å². The Kier molecular flexibility index (Phi) is 4.42. The molecular formula is C16H19NO2. The maximum absolute atomic E-state index is 6.25. The van der Waals surface area contributed by atoms with E-state index in [1.165, 1.54) is 5.56 Å². The van der Waals surface area contributed by atoms with Crippen LogP contribution in [0.2, 0.25) is 0 Å². The largest absolute Gasteiger partial charge is 0.493 e. The van der Waals surface area contributed by atoms with Gasteiger partial charge in [-0.05, 0) is 29.7 Å². The molecule has 0 bridgehead atoms. The maximum atomic E-state index is 6.25. The third-order valence-electron chi connectivity index (χ3n) is 3.13. The zero-order valence-corrected chi connectivity index (χ0v) is 11.3. The topological polar surface area (TPSA) is 44.5 Å². The molecule has 0 radical (unpaired) electrons. The molecule has 0 spiro atoms. The van der Waals surface area contributed by atoms with Crippen molar-refractivity contribution >= 4 is 0 Å². The number of rotatable bonds is 5. The summed E-state index contributed by atoms with van der Waals surface area (Å²) in [6, 6.07) is 16.0. The van der Waals surface area contributed by atoms with Gasteiger partial charge < -0.3 is 15.2 Å². The van der Waals surface area contributed by atoms with Crippen LogP contribution >= 0.6 is 0 Å². The molecule has 2 aromatic rings. The Morgan fingerprint density at radius 3 is 2.26 bits per heavy atom. The molecule has 19 heavy (non-hydrogen) atoms. The van der Waals surface area contributed by atoms with Crippen molar-refractivity contribution in [3.8, 4) is 11.5 Å². The molecule has 0 saturated carbocycles. The Balaban J connectivity index is 2.17. The fourth-order valence-electron chi connectivity index (χ4n) is 2.07. The Labute approximate surface area is 114 Å². The van der Waals surface area contributed by atoms with Crippen LogP contribution in [-0.4, -0.2) is 14.2 Å². The SMILES string of the molecule is COc1ccc([C@@H](N)Cc2ccccc2)cc1OC. The summed E-state index contributed by atoms with van der Waals surface area (Å²) in [4.78, 5) is 0. The van der Waals surface area contributed by atoms with Gasteiger partial charge in [0.15, 0.2) is 11.5 Å². The fourth-order valence-corrected chi connectivity index (χ4v) is 2.07. The van der Waals surface area contributed by atoms with Crippen molar-refractivity contribution in [2.45, 2.75) is 12.5 Å². The predicted molar refractivity (Wildman–Crippen MR) is 76.6 cm³/mol. The third kappa shape index (κ3) is 3.26. The number of benzene rings is 2. The highest BCUT2D eigenvalue weighted by molar-refractivity contribution is 5.44. The molecule has 0 aliphatic carbocycles. The second kappa shape index (κ2) is 6.25. The first-order valence-corrected chi connectivity index (χ1v) is 6.26. The normalized spacial score (nSPS) is 11.9. The number of methoxy groups -OCH3 is 2. The van der Waals surface area contributed by atoms with Gasteiger partial charge in [-0.15, -0.1) is 0 Å². The Bertz CT molecular complexity index is 526. The molecule has 0 aliphatic rings. The van der Waals surface area contributed by atoms with E-state index in [0.29, 0.717) is 5.75 Å². The van der Waals surface area contributed by atoms with Crippen LogP contribution < -0.4 is 15.2 Å². The van der Waals surface area contributed by atoms with Crippen LogP contribution in [0.3, 0.4) is 0 Å². The molecule has 0 fully saturated rings. The molecule has 0 heterocycles. The van der Waals surface area contributed by atoms with E-state index in [4.69, 9.17) is 15.2 Å². The summed E-state index contributed by atoms with van der Waals surface area (Å²) in [6.45, 7) is 0. The highest BCUT2D eigenvalue weighted by Crippen LogP contribution is 2.30. The van der Waals surface area contributed by atoms with Crippen molar-refractivity contribution in [3.05, 3.63) is 59.7 Å². The van der Waals surface area contributed by atoms with Crippen LogP contribution in [0.1, 0.15) is 17.2 Å². The van der Waals surface area contributed by atoms with E-state index < -0.39 is 0 Å². The number of nitrogens with two attached hydrogens (primary N) is 1. The Morgan fingerprint density at radius 1 is 0.947 bits per heavy atom. The Morgan fingerprint density at radius 2 is 1.63 bits per heavy atom. The lowest BCUT2D eigenvalue weighted by molar-refractivity contribution is 0.354. The average molecular weight is 257 g/mol. The van der Waals surface area contributed by atoms with Gasteiger partial charge in [-0.2, -0.15) is 0 Å². The molecule has 2 rings (SSSR count). The molecule has 100 valence electrons. The summed E-state index contributed by atoms with van der Waals surface area (Å²) >= 11 is 0. The predicted octanol–water partition coefficient (Wildman–Crippen LogP) is 2.95. The van der Waals surface area contributed by atoms with Crippen molar-refractivity contribution in [3.63, 3.8) is 0 Å². The van der Waals surface area contributed by atoms with E-state index in [0.717, 1.165) is 17.7 Å². The third-order valence-corrected chi connectivity index (χ3v) is 3.13. The second-order valence-corrected chi connectivity index (χ2v) is 4.41. The van der Waals surface area contributed by atoms with Gasteiger partial charge in [-0.25, -0.2) is 0 Å². The van der Waals surface area contributed by atoms with Crippen LogP contribution in [-0.2, 0) is 6.42 Å². The maximum Gasteiger partial charge on any atom is 0.161 e. The summed E-state index contributed by atoms with van der Waals surface area (Å²) in [5.74, 6) is 1.43. The molecule has 0 amide bonds. The van der Waals surface area contributed by atoms with Gasteiger partial charge in [-0.1, -0.05) is 36.4 Å². The molecule has 3 heteroatoms. The highest BCUT2D eigenvalue weighted by Gasteiger charge is 2.11. The standard InChI is InChI=1S/C16H19NO2/c1-18-15-9-8-13(11-16(15)19-2)14(17)10-12-6-4-3-5-7-12/h3-9,11,14H,10,17H2,1-2H3/t14-/m0/s1. The summed E-state index contributed by atoms with van der Waals surface area (Å²) in [7, 11) is 3.26. The van der Waals surface area contributed by atoms with E-state index >= 15 is 0 Å². The lowest BCUT2D eigenvalue weighted by atomic mass is 9.99. The lowest BCUT2D eigenvalue weighted by Gasteiger charge is -2.15. The van der Waals surface area contributed by atoms with Crippen molar-refractivity contribution < 1.29 is 9.47 Å². The summed E-state index contributed by atoms with van der Waals surface area (Å²) in [5.41, 5.74) is 8.52. The molecule has 0 aliphatic heterocycles. The van der Waals surface area contributed by atoms with Gasteiger partial charge in [0.2, 0.25) is 0 Å². The summed E-state index contributed by atoms with van der Waals surface area (Å²) < 4.78 is 10.5. The highest BCUT2D eigenvalue weighted by atomic mass is 16.5. The average Bonchev–Trinajstić information content (AvgIpc) is 2.47. The Hall–Kier alpha value is -2.00. The van der Waals surface area contributed by atoms with E-state index in [-0.39, 0.29) is 6.04 Å². The van der Waals surface area contributed by atoms with E-state index in [2.05, 4.69) is 12.1 Å². The smallest absolute Gasteiger partial charge is 0.161 e. The molecule has 0 unspecified atom stereocenters. The van der Waals surface area contributed by atoms with Gasteiger partial charge in [0.1, 0.15) is 0 Å². The van der Waals surface area contributed by atoms with Crippen LogP contribution in [0.5, 0.6) is 11.5 Å². The first-order chi connectivity index (χ1) is 9.24. The van der Waals surface area contributed by atoms with Crippen molar-refractivity contribution in [1.29, 1.82) is 0 Å². The van der Waals surface area contributed by atoms with E-state index in [9.17, 15) is 0 Å². The van der Waals surface area contributed by atoms with Gasteiger partial charge in [-0.3, -0.25) is 0 Å². The molecule has 0 saturated heterocycles. The summed E-state index contributed by atoms with van der Waals surface area (Å²) in [5, 5.41) is 0. The van der Waals surface area contributed by atoms with Gasteiger partial charge in [0.05, 0.1) is 14.2 Å². The first-order valence-electron chi connectivity index (χ1n) is 6.26. The zero-order chi connectivity index (χ0) is 13.7.